The number of hydrogen-bond acceptors (Lipinski definition) is 5. The van der Waals surface area contributed by atoms with E-state index in [9.17, 15) is 0 Å². The minimum Gasteiger partial charge on any atom is -0.389 e. The molecule has 104 valence electrons. The Morgan fingerprint density at radius 2 is 2.05 bits per heavy atom. The summed E-state index contributed by atoms with van der Waals surface area (Å²) in [5.74, 6) is 0.622. The molecule has 2 aromatic rings. The maximum absolute atomic E-state index is 5.80. The lowest BCUT2D eigenvalue weighted by Gasteiger charge is -2.13. The first-order valence-electron chi connectivity index (χ1n) is 6.27. The van der Waals surface area contributed by atoms with Gasteiger partial charge in [0.15, 0.2) is 5.82 Å². The molecule has 0 aliphatic heterocycles. The van der Waals surface area contributed by atoms with E-state index in [-0.39, 0.29) is 0 Å². The van der Waals surface area contributed by atoms with Gasteiger partial charge >= 0.3 is 0 Å². The number of nitrogens with two attached hydrogens (primary N) is 1. The average molecular weight is 287 g/mol. The van der Waals surface area contributed by atoms with Gasteiger partial charge in [0.05, 0.1) is 11.3 Å². The van der Waals surface area contributed by atoms with E-state index in [2.05, 4.69) is 20.5 Å². The zero-order valence-electron chi connectivity index (χ0n) is 11.8. The zero-order chi connectivity index (χ0) is 14.7. The third kappa shape index (κ3) is 2.91. The summed E-state index contributed by atoms with van der Waals surface area (Å²) in [6.07, 6.45) is 3.60. The second-order valence-corrected chi connectivity index (χ2v) is 5.09. The summed E-state index contributed by atoms with van der Waals surface area (Å²) in [6.45, 7) is 6.48. The van der Waals surface area contributed by atoms with Gasteiger partial charge in [-0.1, -0.05) is 12.2 Å². The van der Waals surface area contributed by atoms with Crippen LogP contribution in [0.5, 0.6) is 0 Å². The largest absolute Gasteiger partial charge is 0.389 e. The van der Waals surface area contributed by atoms with Crippen molar-refractivity contribution in [2.24, 2.45) is 5.73 Å². The van der Waals surface area contributed by atoms with Crippen LogP contribution in [0.1, 0.15) is 27.9 Å². The molecule has 0 unspecified atom stereocenters. The normalized spacial score (nSPS) is 10.3. The predicted molar refractivity (Wildman–Crippen MR) is 83.7 cm³/mol. The number of pyridine rings is 1. The van der Waals surface area contributed by atoms with E-state index in [4.69, 9.17) is 18.0 Å². The summed E-state index contributed by atoms with van der Waals surface area (Å²) in [6, 6.07) is 1.97. The van der Waals surface area contributed by atoms with Crippen molar-refractivity contribution in [3.63, 3.8) is 0 Å². The van der Waals surface area contributed by atoms with Crippen molar-refractivity contribution in [3.05, 3.63) is 46.4 Å². The second kappa shape index (κ2) is 5.92. The molecule has 0 fully saturated rings. The van der Waals surface area contributed by atoms with Crippen LogP contribution in [0.3, 0.4) is 0 Å². The SMILES string of the molecule is Cc1cnccc1CNc1nnc(C)c(C)c1C(N)=S. The van der Waals surface area contributed by atoms with Gasteiger partial charge in [0.1, 0.15) is 4.99 Å². The maximum atomic E-state index is 5.80. The van der Waals surface area contributed by atoms with E-state index in [1.54, 1.807) is 6.20 Å². The van der Waals surface area contributed by atoms with Crippen LogP contribution in [0.25, 0.3) is 0 Å². The monoisotopic (exact) mass is 287 g/mol. The smallest absolute Gasteiger partial charge is 0.159 e. The van der Waals surface area contributed by atoms with Crippen LogP contribution in [-0.2, 0) is 6.54 Å². The predicted octanol–water partition coefficient (Wildman–Crippen LogP) is 2.04. The highest BCUT2D eigenvalue weighted by Gasteiger charge is 2.13. The molecule has 2 rings (SSSR count). The Labute approximate surface area is 123 Å². The summed E-state index contributed by atoms with van der Waals surface area (Å²) in [5.41, 5.74) is 10.6. The van der Waals surface area contributed by atoms with Crippen LogP contribution >= 0.6 is 12.2 Å². The Kier molecular flexibility index (Phi) is 4.24. The van der Waals surface area contributed by atoms with Gasteiger partial charge in [0, 0.05) is 18.9 Å². The van der Waals surface area contributed by atoms with Gasteiger partial charge in [-0.3, -0.25) is 4.98 Å². The van der Waals surface area contributed by atoms with Crippen LogP contribution in [0.2, 0.25) is 0 Å². The lowest BCUT2D eigenvalue weighted by atomic mass is 10.1. The number of nitrogens with one attached hydrogen (secondary N) is 1. The lowest BCUT2D eigenvalue weighted by molar-refractivity contribution is 0.940. The van der Waals surface area contributed by atoms with Crippen LogP contribution in [0, 0.1) is 20.8 Å². The molecule has 2 heterocycles. The van der Waals surface area contributed by atoms with Crippen molar-refractivity contribution < 1.29 is 0 Å². The Morgan fingerprint density at radius 1 is 1.30 bits per heavy atom. The van der Waals surface area contributed by atoms with Crippen molar-refractivity contribution >= 4 is 23.0 Å². The number of aryl methyl sites for hydroxylation is 2. The van der Waals surface area contributed by atoms with Crippen LogP contribution in [-0.4, -0.2) is 20.2 Å². The van der Waals surface area contributed by atoms with Crippen molar-refractivity contribution in [2.75, 3.05) is 5.32 Å². The van der Waals surface area contributed by atoms with Gasteiger partial charge in [-0.05, 0) is 43.5 Å². The molecule has 0 saturated carbocycles. The highest BCUT2D eigenvalue weighted by Crippen LogP contribution is 2.19. The minimum absolute atomic E-state index is 0.328. The van der Waals surface area contributed by atoms with Crippen molar-refractivity contribution in [1.29, 1.82) is 0 Å². The van der Waals surface area contributed by atoms with Crippen LogP contribution < -0.4 is 11.1 Å². The number of anilines is 1. The molecule has 0 bridgehead atoms. The van der Waals surface area contributed by atoms with Crippen molar-refractivity contribution in [3.8, 4) is 0 Å². The van der Waals surface area contributed by atoms with Gasteiger partial charge in [-0.2, -0.15) is 5.10 Å². The first-order chi connectivity index (χ1) is 9.50. The van der Waals surface area contributed by atoms with E-state index in [1.807, 2.05) is 33.0 Å². The molecular formula is C14H17N5S. The minimum atomic E-state index is 0.328. The molecule has 0 radical (unpaired) electrons. The average Bonchev–Trinajstić information content (AvgIpc) is 2.41. The van der Waals surface area contributed by atoms with E-state index in [0.717, 1.165) is 27.9 Å². The Bertz CT molecular complexity index is 654. The van der Waals surface area contributed by atoms with E-state index in [1.165, 1.54) is 0 Å². The van der Waals surface area contributed by atoms with Crippen molar-refractivity contribution in [2.45, 2.75) is 27.3 Å². The van der Waals surface area contributed by atoms with Gasteiger partial charge < -0.3 is 11.1 Å². The highest BCUT2D eigenvalue weighted by molar-refractivity contribution is 7.80. The third-order valence-electron chi connectivity index (χ3n) is 3.28. The number of rotatable bonds is 4. The maximum Gasteiger partial charge on any atom is 0.159 e. The molecule has 20 heavy (non-hydrogen) atoms. The van der Waals surface area contributed by atoms with Crippen molar-refractivity contribution in [1.82, 2.24) is 15.2 Å². The molecule has 6 heteroatoms. The second-order valence-electron chi connectivity index (χ2n) is 4.65. The Hall–Kier alpha value is -2.08. The highest BCUT2D eigenvalue weighted by atomic mass is 32.1. The lowest BCUT2D eigenvalue weighted by Crippen LogP contribution is -2.18. The zero-order valence-corrected chi connectivity index (χ0v) is 12.6. The van der Waals surface area contributed by atoms with Gasteiger partial charge in [-0.25, -0.2) is 0 Å². The fourth-order valence-electron chi connectivity index (χ4n) is 1.91. The van der Waals surface area contributed by atoms with Crippen LogP contribution in [0.15, 0.2) is 18.5 Å². The summed E-state index contributed by atoms with van der Waals surface area (Å²) in [4.78, 5) is 4.40. The van der Waals surface area contributed by atoms with Gasteiger partial charge in [-0.15, -0.1) is 5.10 Å². The number of hydrogen-bond donors (Lipinski definition) is 2. The third-order valence-corrected chi connectivity index (χ3v) is 3.49. The van der Waals surface area contributed by atoms with Gasteiger partial charge in [0.2, 0.25) is 0 Å². The van der Waals surface area contributed by atoms with E-state index < -0.39 is 0 Å². The first kappa shape index (κ1) is 14.3. The van der Waals surface area contributed by atoms with Gasteiger partial charge in [0.25, 0.3) is 0 Å². The fraction of sp³-hybridized carbons (Fsp3) is 0.286. The molecule has 0 saturated heterocycles. The Morgan fingerprint density at radius 3 is 2.70 bits per heavy atom. The molecule has 3 N–H and O–H groups in total. The fourth-order valence-corrected chi connectivity index (χ4v) is 2.16. The first-order valence-corrected chi connectivity index (χ1v) is 6.68. The topological polar surface area (TPSA) is 76.7 Å². The molecule has 0 aromatic carbocycles. The molecule has 0 amide bonds. The number of thiocarbonyl (C=S) groups is 1. The molecule has 0 aliphatic rings. The summed E-state index contributed by atoms with van der Waals surface area (Å²) >= 11 is 5.11. The Balaban J connectivity index is 2.29. The number of nitrogens with zero attached hydrogens (tertiary/aromatic N) is 3. The quantitative estimate of drug-likeness (QED) is 0.838. The number of aromatic nitrogens is 3. The summed E-state index contributed by atoms with van der Waals surface area (Å²) in [5, 5.41) is 11.5. The molecule has 2 aromatic heterocycles. The standard InChI is InChI=1S/C14H17N5S/c1-8-6-16-5-4-11(8)7-17-14-12(13(15)20)9(2)10(3)18-19-14/h4-6H,7H2,1-3H3,(H2,15,20)(H,17,19). The molecule has 5 nitrogen and oxygen atoms in total. The van der Waals surface area contributed by atoms with E-state index in [0.29, 0.717) is 17.4 Å². The summed E-state index contributed by atoms with van der Waals surface area (Å²) < 4.78 is 0. The van der Waals surface area contributed by atoms with Crippen LogP contribution in [0.4, 0.5) is 5.82 Å². The molecule has 0 aliphatic carbocycles. The van der Waals surface area contributed by atoms with E-state index >= 15 is 0 Å². The molecule has 0 atom stereocenters. The summed E-state index contributed by atoms with van der Waals surface area (Å²) in [7, 11) is 0. The molecular weight excluding hydrogens is 270 g/mol. The molecule has 0 spiro atoms.